The molecule has 0 aliphatic rings. The highest BCUT2D eigenvalue weighted by molar-refractivity contribution is 9.10. The number of anilines is 1. The van der Waals surface area contributed by atoms with Crippen molar-refractivity contribution in [3.63, 3.8) is 0 Å². The van der Waals surface area contributed by atoms with Crippen molar-refractivity contribution < 1.29 is 0 Å². The summed E-state index contributed by atoms with van der Waals surface area (Å²) in [6.45, 7) is 4.15. The standard InChI is InChI=1S/C12H14BrN3/c1-3-11-10(14)7-15-16(11)12-5-4-9(13)6-8(12)2/h4-7H,3,14H2,1-2H3. The number of nitrogens with zero attached hydrogens (tertiary/aromatic N) is 2. The zero-order chi connectivity index (χ0) is 11.7. The van der Waals surface area contributed by atoms with Gasteiger partial charge in [0.1, 0.15) is 0 Å². The molecule has 0 bridgehead atoms. The van der Waals surface area contributed by atoms with Crippen LogP contribution in [0.15, 0.2) is 28.9 Å². The molecular formula is C12H14BrN3. The molecule has 0 aliphatic carbocycles. The first-order valence-corrected chi connectivity index (χ1v) is 6.01. The minimum Gasteiger partial charge on any atom is -0.396 e. The lowest BCUT2D eigenvalue weighted by atomic mass is 10.2. The molecule has 1 heterocycles. The van der Waals surface area contributed by atoms with E-state index in [0.29, 0.717) is 0 Å². The van der Waals surface area contributed by atoms with Crippen LogP contribution in [-0.2, 0) is 6.42 Å². The molecule has 0 amide bonds. The van der Waals surface area contributed by atoms with Gasteiger partial charge < -0.3 is 5.73 Å². The zero-order valence-corrected chi connectivity index (χ0v) is 11.0. The summed E-state index contributed by atoms with van der Waals surface area (Å²) in [7, 11) is 0. The Morgan fingerprint density at radius 1 is 1.44 bits per heavy atom. The number of nitrogen functional groups attached to an aromatic ring is 1. The largest absolute Gasteiger partial charge is 0.396 e. The summed E-state index contributed by atoms with van der Waals surface area (Å²) in [5.74, 6) is 0. The van der Waals surface area contributed by atoms with Crippen LogP contribution in [0.3, 0.4) is 0 Å². The lowest BCUT2D eigenvalue weighted by Crippen LogP contribution is -2.04. The zero-order valence-electron chi connectivity index (χ0n) is 9.37. The predicted molar refractivity (Wildman–Crippen MR) is 69.8 cm³/mol. The van der Waals surface area contributed by atoms with Gasteiger partial charge in [0, 0.05) is 4.47 Å². The lowest BCUT2D eigenvalue weighted by Gasteiger charge is -2.09. The summed E-state index contributed by atoms with van der Waals surface area (Å²) < 4.78 is 2.99. The van der Waals surface area contributed by atoms with Crippen molar-refractivity contribution in [1.29, 1.82) is 0 Å². The second-order valence-corrected chi connectivity index (χ2v) is 4.66. The Labute approximate surface area is 103 Å². The normalized spacial score (nSPS) is 10.7. The van der Waals surface area contributed by atoms with E-state index in [1.54, 1.807) is 6.20 Å². The Bertz CT molecular complexity index is 517. The molecule has 0 spiro atoms. The molecule has 3 nitrogen and oxygen atoms in total. The maximum atomic E-state index is 5.88. The Kier molecular flexibility index (Phi) is 3.01. The summed E-state index contributed by atoms with van der Waals surface area (Å²) in [6, 6.07) is 6.14. The maximum absolute atomic E-state index is 5.88. The minimum atomic E-state index is 0.754. The highest BCUT2D eigenvalue weighted by Crippen LogP contribution is 2.22. The number of nitrogens with two attached hydrogens (primary N) is 1. The number of halogens is 1. The first-order valence-electron chi connectivity index (χ1n) is 5.22. The third-order valence-electron chi connectivity index (χ3n) is 2.62. The predicted octanol–water partition coefficient (Wildman–Crippen LogP) is 3.09. The van der Waals surface area contributed by atoms with Crippen LogP contribution in [0.1, 0.15) is 18.2 Å². The lowest BCUT2D eigenvalue weighted by molar-refractivity contribution is 0.809. The smallest absolute Gasteiger partial charge is 0.0737 e. The molecule has 16 heavy (non-hydrogen) atoms. The summed E-state index contributed by atoms with van der Waals surface area (Å²) in [5.41, 5.74) is 9.95. The van der Waals surface area contributed by atoms with E-state index in [4.69, 9.17) is 5.73 Å². The SMILES string of the molecule is CCc1c(N)cnn1-c1ccc(Br)cc1C. The average molecular weight is 280 g/mol. The van der Waals surface area contributed by atoms with Gasteiger partial charge in [0.05, 0.1) is 23.3 Å². The van der Waals surface area contributed by atoms with E-state index in [-0.39, 0.29) is 0 Å². The highest BCUT2D eigenvalue weighted by atomic mass is 79.9. The van der Waals surface area contributed by atoms with Crippen molar-refractivity contribution in [2.24, 2.45) is 0 Å². The van der Waals surface area contributed by atoms with Crippen LogP contribution in [0.2, 0.25) is 0 Å². The highest BCUT2D eigenvalue weighted by Gasteiger charge is 2.09. The van der Waals surface area contributed by atoms with Gasteiger partial charge in [-0.15, -0.1) is 0 Å². The molecule has 0 fully saturated rings. The van der Waals surface area contributed by atoms with Gasteiger partial charge in [0.2, 0.25) is 0 Å². The summed E-state index contributed by atoms with van der Waals surface area (Å²) in [5, 5.41) is 4.32. The van der Waals surface area contributed by atoms with Crippen LogP contribution in [0.4, 0.5) is 5.69 Å². The molecule has 0 aliphatic heterocycles. The van der Waals surface area contributed by atoms with Gasteiger partial charge in [0.25, 0.3) is 0 Å². The Morgan fingerprint density at radius 3 is 2.81 bits per heavy atom. The second-order valence-electron chi connectivity index (χ2n) is 3.74. The van der Waals surface area contributed by atoms with Gasteiger partial charge in [-0.05, 0) is 37.1 Å². The van der Waals surface area contributed by atoms with Gasteiger partial charge in [0.15, 0.2) is 0 Å². The fraction of sp³-hybridized carbons (Fsp3) is 0.250. The molecule has 0 saturated carbocycles. The topological polar surface area (TPSA) is 43.8 Å². The van der Waals surface area contributed by atoms with Crippen molar-refractivity contribution in [2.45, 2.75) is 20.3 Å². The van der Waals surface area contributed by atoms with Crippen molar-refractivity contribution in [1.82, 2.24) is 9.78 Å². The van der Waals surface area contributed by atoms with Gasteiger partial charge >= 0.3 is 0 Å². The molecule has 84 valence electrons. The van der Waals surface area contributed by atoms with E-state index in [9.17, 15) is 0 Å². The van der Waals surface area contributed by atoms with Crippen molar-refractivity contribution in [3.05, 3.63) is 40.1 Å². The molecule has 2 N–H and O–H groups in total. The van der Waals surface area contributed by atoms with Crippen LogP contribution >= 0.6 is 15.9 Å². The number of hydrogen-bond donors (Lipinski definition) is 1. The second kappa shape index (κ2) is 4.29. The van der Waals surface area contributed by atoms with Crippen LogP contribution in [-0.4, -0.2) is 9.78 Å². The van der Waals surface area contributed by atoms with Crippen LogP contribution in [0.25, 0.3) is 5.69 Å². The first-order chi connectivity index (χ1) is 7.63. The van der Waals surface area contributed by atoms with Crippen LogP contribution in [0.5, 0.6) is 0 Å². The van der Waals surface area contributed by atoms with E-state index in [0.717, 1.165) is 28.0 Å². The molecule has 0 saturated heterocycles. The van der Waals surface area contributed by atoms with E-state index in [1.165, 1.54) is 5.56 Å². The van der Waals surface area contributed by atoms with Crippen molar-refractivity contribution in [3.8, 4) is 5.69 Å². The maximum Gasteiger partial charge on any atom is 0.0737 e. The Balaban J connectivity index is 2.58. The quantitative estimate of drug-likeness (QED) is 0.918. The Hall–Kier alpha value is -1.29. The van der Waals surface area contributed by atoms with Gasteiger partial charge in [-0.25, -0.2) is 4.68 Å². The van der Waals surface area contributed by atoms with Crippen LogP contribution < -0.4 is 5.73 Å². The number of rotatable bonds is 2. The molecular weight excluding hydrogens is 266 g/mol. The summed E-state index contributed by atoms with van der Waals surface area (Å²) in [6.07, 6.45) is 2.58. The first kappa shape index (κ1) is 11.2. The van der Waals surface area contributed by atoms with E-state index < -0.39 is 0 Å². The number of benzene rings is 1. The van der Waals surface area contributed by atoms with E-state index >= 15 is 0 Å². The fourth-order valence-corrected chi connectivity index (χ4v) is 2.28. The van der Waals surface area contributed by atoms with Gasteiger partial charge in [-0.3, -0.25) is 0 Å². The molecule has 1 aromatic carbocycles. The molecule has 4 heteroatoms. The molecule has 0 atom stereocenters. The van der Waals surface area contributed by atoms with E-state index in [2.05, 4.69) is 40.9 Å². The molecule has 0 unspecified atom stereocenters. The van der Waals surface area contributed by atoms with E-state index in [1.807, 2.05) is 16.8 Å². The number of aromatic nitrogens is 2. The van der Waals surface area contributed by atoms with Crippen LogP contribution in [0, 0.1) is 6.92 Å². The number of aryl methyl sites for hydroxylation is 1. The number of hydrogen-bond acceptors (Lipinski definition) is 2. The molecule has 2 aromatic rings. The Morgan fingerprint density at radius 2 is 2.19 bits per heavy atom. The monoisotopic (exact) mass is 279 g/mol. The van der Waals surface area contributed by atoms with Gasteiger partial charge in [-0.2, -0.15) is 5.10 Å². The molecule has 2 rings (SSSR count). The fourth-order valence-electron chi connectivity index (χ4n) is 1.80. The third kappa shape index (κ3) is 1.85. The van der Waals surface area contributed by atoms with Crippen molar-refractivity contribution in [2.75, 3.05) is 5.73 Å². The molecule has 1 aromatic heterocycles. The molecule has 0 radical (unpaired) electrons. The van der Waals surface area contributed by atoms with Crippen molar-refractivity contribution >= 4 is 21.6 Å². The third-order valence-corrected chi connectivity index (χ3v) is 3.12. The summed E-state index contributed by atoms with van der Waals surface area (Å²) in [4.78, 5) is 0. The summed E-state index contributed by atoms with van der Waals surface area (Å²) >= 11 is 3.46. The minimum absolute atomic E-state index is 0.754. The average Bonchev–Trinajstić information content (AvgIpc) is 2.59. The van der Waals surface area contributed by atoms with Gasteiger partial charge in [-0.1, -0.05) is 22.9 Å².